The maximum atomic E-state index is 4.78. The van der Waals surface area contributed by atoms with Crippen molar-refractivity contribution in [2.75, 3.05) is 5.32 Å². The molecule has 8 heteroatoms. The summed E-state index contributed by atoms with van der Waals surface area (Å²) in [4.78, 5) is 26.1. The van der Waals surface area contributed by atoms with Gasteiger partial charge in [0.15, 0.2) is 17.0 Å². The van der Waals surface area contributed by atoms with Crippen LogP contribution in [0.25, 0.3) is 22.6 Å². The summed E-state index contributed by atoms with van der Waals surface area (Å²) in [5.41, 5.74) is 4.08. The lowest BCUT2D eigenvalue weighted by molar-refractivity contribution is 0.785. The molecule has 0 saturated carbocycles. The number of nitrogens with zero attached hydrogens (tertiary/aromatic N) is 7. The molecule has 0 aliphatic heterocycles. The molecule has 0 aliphatic carbocycles. The van der Waals surface area contributed by atoms with E-state index in [1.54, 1.807) is 18.6 Å². The number of aryl methyl sites for hydroxylation is 3. The zero-order chi connectivity index (χ0) is 18.1. The molecule has 1 radical (unpaired) electrons. The van der Waals surface area contributed by atoms with Gasteiger partial charge in [-0.2, -0.15) is 0 Å². The standard InChI is InChI=1S/C18H17N8/c1-4-26-17(13-8-20-12(3)21-9-13)25-15-16(22-10-23-18(15)26)24-14-5-6-19-7-11(14)2/h5-6,8-10H,4H2,1-3H3,(H,19,22,23,24). The molecule has 129 valence electrons. The van der Waals surface area contributed by atoms with E-state index in [1.165, 1.54) is 6.33 Å². The molecule has 0 amide bonds. The molecule has 1 N–H and O–H groups in total. The quantitative estimate of drug-likeness (QED) is 0.607. The topological polar surface area (TPSA) is 94.3 Å². The monoisotopic (exact) mass is 345 g/mol. The van der Waals surface area contributed by atoms with Gasteiger partial charge in [0.2, 0.25) is 0 Å². The highest BCUT2D eigenvalue weighted by Gasteiger charge is 2.17. The molecule has 0 aliphatic rings. The van der Waals surface area contributed by atoms with Crippen LogP contribution in [0, 0.1) is 20.0 Å². The number of fused-ring (bicyclic) bond motifs is 1. The lowest BCUT2D eigenvalue weighted by Crippen LogP contribution is -2.01. The molecule has 0 fully saturated rings. The number of hydrogen-bond acceptors (Lipinski definition) is 7. The Labute approximate surface area is 150 Å². The molecule has 0 aromatic carbocycles. The van der Waals surface area contributed by atoms with Crippen molar-refractivity contribution in [1.29, 1.82) is 0 Å². The van der Waals surface area contributed by atoms with Crippen molar-refractivity contribution in [3.63, 3.8) is 0 Å². The molecule has 4 aromatic heterocycles. The molecule has 8 nitrogen and oxygen atoms in total. The van der Waals surface area contributed by atoms with Crippen molar-refractivity contribution < 1.29 is 0 Å². The number of nitrogens with one attached hydrogen (secondary N) is 1. The van der Waals surface area contributed by atoms with Gasteiger partial charge < -0.3 is 9.88 Å². The van der Waals surface area contributed by atoms with Crippen LogP contribution in [0.4, 0.5) is 11.5 Å². The average molecular weight is 345 g/mol. The Morgan fingerprint density at radius 3 is 2.65 bits per heavy atom. The van der Waals surface area contributed by atoms with Gasteiger partial charge in [0.1, 0.15) is 18.0 Å². The van der Waals surface area contributed by atoms with Crippen LogP contribution >= 0.6 is 0 Å². The first-order valence-electron chi connectivity index (χ1n) is 8.28. The van der Waals surface area contributed by atoms with E-state index in [1.807, 2.05) is 24.5 Å². The molecule has 0 saturated heterocycles. The minimum absolute atomic E-state index is 0.638. The van der Waals surface area contributed by atoms with E-state index < -0.39 is 0 Å². The number of imidazole rings is 1. The highest BCUT2D eigenvalue weighted by Crippen LogP contribution is 2.28. The van der Waals surface area contributed by atoms with E-state index in [2.05, 4.69) is 43.4 Å². The largest absolute Gasteiger partial charge is 0.338 e. The zero-order valence-corrected chi connectivity index (χ0v) is 14.7. The summed E-state index contributed by atoms with van der Waals surface area (Å²) in [6, 6.07) is 1.88. The summed E-state index contributed by atoms with van der Waals surface area (Å²) in [5, 5.41) is 3.31. The molecule has 0 bridgehead atoms. The van der Waals surface area contributed by atoms with Crippen LogP contribution in [0.5, 0.6) is 0 Å². The number of hydrogen-bond donors (Lipinski definition) is 1. The Morgan fingerprint density at radius 2 is 1.92 bits per heavy atom. The summed E-state index contributed by atoms with van der Waals surface area (Å²) in [6.45, 7) is 6.57. The van der Waals surface area contributed by atoms with Gasteiger partial charge in [-0.25, -0.2) is 24.9 Å². The van der Waals surface area contributed by atoms with Crippen LogP contribution in [0.3, 0.4) is 0 Å². The van der Waals surface area contributed by atoms with E-state index >= 15 is 0 Å². The molecular weight excluding hydrogens is 328 g/mol. The van der Waals surface area contributed by atoms with E-state index in [0.29, 0.717) is 11.3 Å². The second-order valence-corrected chi connectivity index (χ2v) is 5.81. The Hall–Kier alpha value is -3.42. The summed E-state index contributed by atoms with van der Waals surface area (Å²) in [6.07, 6.45) is 9.70. The van der Waals surface area contributed by atoms with Crippen molar-refractivity contribution in [2.45, 2.75) is 27.3 Å². The van der Waals surface area contributed by atoms with Crippen LogP contribution < -0.4 is 5.32 Å². The molecule has 26 heavy (non-hydrogen) atoms. The number of rotatable bonds is 4. The Morgan fingerprint density at radius 1 is 1.12 bits per heavy atom. The maximum absolute atomic E-state index is 4.78. The van der Waals surface area contributed by atoms with Gasteiger partial charge in [-0.05, 0) is 26.8 Å². The van der Waals surface area contributed by atoms with Crippen LogP contribution in [-0.2, 0) is 6.54 Å². The summed E-state index contributed by atoms with van der Waals surface area (Å²) >= 11 is 0. The van der Waals surface area contributed by atoms with E-state index in [4.69, 9.17) is 4.98 Å². The fourth-order valence-corrected chi connectivity index (χ4v) is 2.75. The van der Waals surface area contributed by atoms with Crippen molar-refractivity contribution in [3.8, 4) is 11.4 Å². The van der Waals surface area contributed by atoms with Crippen LogP contribution in [0.2, 0.25) is 0 Å². The Kier molecular flexibility index (Phi) is 4.00. The fraction of sp³-hybridized carbons (Fsp3) is 0.222. The minimum atomic E-state index is 0.638. The van der Waals surface area contributed by atoms with Gasteiger partial charge in [0.05, 0.1) is 11.8 Å². The molecule has 4 aromatic rings. The smallest absolute Gasteiger partial charge is 0.165 e. The highest BCUT2D eigenvalue weighted by atomic mass is 15.2. The first kappa shape index (κ1) is 16.1. The SMILES string of the molecule is CCn1c(-c2cnc(C)nc2)nc2c(Nc3ccn[c]c3C)ncnc21. The number of aromatic nitrogens is 7. The maximum Gasteiger partial charge on any atom is 0.165 e. The molecule has 0 unspecified atom stereocenters. The third-order valence-electron chi connectivity index (χ3n) is 4.09. The number of anilines is 2. The van der Waals surface area contributed by atoms with Gasteiger partial charge in [-0.3, -0.25) is 4.98 Å². The van der Waals surface area contributed by atoms with E-state index in [0.717, 1.165) is 40.7 Å². The van der Waals surface area contributed by atoms with Crippen molar-refractivity contribution in [3.05, 3.63) is 48.6 Å². The van der Waals surface area contributed by atoms with E-state index in [-0.39, 0.29) is 0 Å². The predicted molar refractivity (Wildman–Crippen MR) is 97.9 cm³/mol. The molecule has 0 spiro atoms. The van der Waals surface area contributed by atoms with Crippen LogP contribution in [0.1, 0.15) is 18.3 Å². The van der Waals surface area contributed by atoms with Crippen LogP contribution in [0.15, 0.2) is 31.0 Å². The van der Waals surface area contributed by atoms with Gasteiger partial charge in [0.25, 0.3) is 0 Å². The minimum Gasteiger partial charge on any atom is -0.338 e. The third-order valence-corrected chi connectivity index (χ3v) is 4.09. The normalized spacial score (nSPS) is 11.0. The lowest BCUT2D eigenvalue weighted by atomic mass is 10.2. The highest BCUT2D eigenvalue weighted by molar-refractivity contribution is 5.88. The van der Waals surface area contributed by atoms with Crippen molar-refractivity contribution in [2.24, 2.45) is 0 Å². The predicted octanol–water partition coefficient (Wildman–Crippen LogP) is 2.86. The van der Waals surface area contributed by atoms with Crippen molar-refractivity contribution in [1.82, 2.24) is 34.5 Å². The zero-order valence-electron chi connectivity index (χ0n) is 14.7. The fourth-order valence-electron chi connectivity index (χ4n) is 2.75. The molecule has 4 heterocycles. The Balaban J connectivity index is 1.86. The average Bonchev–Trinajstić information content (AvgIpc) is 3.04. The summed E-state index contributed by atoms with van der Waals surface area (Å²) in [7, 11) is 0. The van der Waals surface area contributed by atoms with Crippen molar-refractivity contribution >= 4 is 22.7 Å². The summed E-state index contributed by atoms with van der Waals surface area (Å²) in [5.74, 6) is 2.13. The first-order chi connectivity index (χ1) is 12.7. The molecular formula is C18H17N8. The van der Waals surface area contributed by atoms with E-state index in [9.17, 15) is 0 Å². The van der Waals surface area contributed by atoms with Gasteiger partial charge in [0, 0.05) is 36.4 Å². The first-order valence-corrected chi connectivity index (χ1v) is 8.28. The molecule has 0 atom stereocenters. The lowest BCUT2D eigenvalue weighted by Gasteiger charge is -2.08. The second kappa shape index (κ2) is 6.47. The molecule has 4 rings (SSSR count). The second-order valence-electron chi connectivity index (χ2n) is 5.81. The summed E-state index contributed by atoms with van der Waals surface area (Å²) < 4.78 is 2.03. The van der Waals surface area contributed by atoms with Gasteiger partial charge in [-0.1, -0.05) is 0 Å². The van der Waals surface area contributed by atoms with Crippen LogP contribution in [-0.4, -0.2) is 34.5 Å². The third kappa shape index (κ3) is 2.75. The Bertz CT molecular complexity index is 1070. The number of pyridine rings is 1. The van der Waals surface area contributed by atoms with Gasteiger partial charge in [-0.15, -0.1) is 0 Å². The van der Waals surface area contributed by atoms with Gasteiger partial charge >= 0.3 is 0 Å².